The molecule has 1 nitrogen and oxygen atoms in total. The number of nitrogens with zero attached hydrogens (tertiary/aromatic N) is 1. The van der Waals surface area contributed by atoms with Gasteiger partial charge < -0.3 is 4.90 Å². The van der Waals surface area contributed by atoms with Crippen LogP contribution in [-0.2, 0) is 6.42 Å². The van der Waals surface area contributed by atoms with Gasteiger partial charge in [0.25, 0.3) is 0 Å². The zero-order valence-corrected chi connectivity index (χ0v) is 24.2. The van der Waals surface area contributed by atoms with Crippen molar-refractivity contribution in [2.75, 3.05) is 19.6 Å². The molecule has 0 aliphatic rings. The Labute approximate surface area is 219 Å². The van der Waals surface area contributed by atoms with Crippen LogP contribution in [0.5, 0.6) is 0 Å². The first-order chi connectivity index (χ1) is 15.9. The highest BCUT2D eigenvalue weighted by molar-refractivity contribution is 8.93. The number of hydrogen-bond donors (Lipinski definition) is 0. The van der Waals surface area contributed by atoms with E-state index in [0.29, 0.717) is 0 Å². The molecule has 0 spiro atoms. The highest BCUT2D eigenvalue weighted by atomic mass is 79.9. The molecule has 0 aliphatic heterocycles. The minimum atomic E-state index is 0. The molecule has 0 N–H and O–H groups in total. The minimum absolute atomic E-state index is 0. The van der Waals surface area contributed by atoms with Crippen LogP contribution in [0, 0.1) is 0 Å². The van der Waals surface area contributed by atoms with E-state index in [9.17, 15) is 0 Å². The topological polar surface area (TPSA) is 3.24 Å². The molecule has 0 saturated heterocycles. The van der Waals surface area contributed by atoms with Crippen LogP contribution in [-0.4, -0.2) is 24.5 Å². The molecule has 0 saturated carbocycles. The fraction of sp³-hybridized carbons (Fsp3) is 0.806. The Bertz CT molecular complexity index is 475. The molecule has 0 amide bonds. The van der Waals surface area contributed by atoms with Gasteiger partial charge in [-0.2, -0.15) is 0 Å². The summed E-state index contributed by atoms with van der Waals surface area (Å²) in [4.78, 5) is 2.80. The van der Waals surface area contributed by atoms with Crippen LogP contribution in [0.15, 0.2) is 30.3 Å². The van der Waals surface area contributed by atoms with Crippen molar-refractivity contribution >= 4 is 17.0 Å². The molecule has 194 valence electrons. The van der Waals surface area contributed by atoms with Crippen molar-refractivity contribution in [3.8, 4) is 0 Å². The maximum absolute atomic E-state index is 2.80. The third-order valence-corrected chi connectivity index (χ3v) is 6.94. The summed E-state index contributed by atoms with van der Waals surface area (Å²) in [5.41, 5.74) is 1.50. The maximum atomic E-state index is 2.80. The van der Waals surface area contributed by atoms with Gasteiger partial charge in [-0.15, -0.1) is 17.0 Å². The van der Waals surface area contributed by atoms with Gasteiger partial charge in [-0.05, 0) is 57.3 Å². The first-order valence-corrected chi connectivity index (χ1v) is 14.6. The highest BCUT2D eigenvalue weighted by Crippen LogP contribution is 2.13. The Morgan fingerprint density at radius 2 is 0.818 bits per heavy atom. The van der Waals surface area contributed by atoms with Crippen molar-refractivity contribution in [2.45, 2.75) is 142 Å². The van der Waals surface area contributed by atoms with Gasteiger partial charge in [0.2, 0.25) is 0 Å². The van der Waals surface area contributed by atoms with Gasteiger partial charge in [0.1, 0.15) is 0 Å². The summed E-state index contributed by atoms with van der Waals surface area (Å²) in [7, 11) is 0. The lowest BCUT2D eigenvalue weighted by atomic mass is 10.1. The van der Waals surface area contributed by atoms with E-state index in [1.807, 2.05) is 0 Å². The van der Waals surface area contributed by atoms with Gasteiger partial charge >= 0.3 is 0 Å². The normalized spacial score (nSPS) is 11.1. The van der Waals surface area contributed by atoms with Crippen molar-refractivity contribution in [2.24, 2.45) is 0 Å². The van der Waals surface area contributed by atoms with Crippen molar-refractivity contribution < 1.29 is 0 Å². The Morgan fingerprint density at radius 1 is 0.455 bits per heavy atom. The van der Waals surface area contributed by atoms with Gasteiger partial charge in [-0.3, -0.25) is 0 Å². The van der Waals surface area contributed by atoms with Crippen molar-refractivity contribution in [3.05, 3.63) is 35.9 Å². The summed E-state index contributed by atoms with van der Waals surface area (Å²) in [6.45, 7) is 8.61. The number of benzene rings is 1. The van der Waals surface area contributed by atoms with Crippen molar-refractivity contribution in [1.82, 2.24) is 4.90 Å². The third kappa shape index (κ3) is 21.9. The van der Waals surface area contributed by atoms with Gasteiger partial charge in [0.05, 0.1) is 0 Å². The van der Waals surface area contributed by atoms with E-state index >= 15 is 0 Å². The molecular weight excluding hydrogens is 466 g/mol. The van der Waals surface area contributed by atoms with Crippen LogP contribution in [0.25, 0.3) is 0 Å². The fourth-order valence-electron chi connectivity index (χ4n) is 4.76. The van der Waals surface area contributed by atoms with Crippen LogP contribution >= 0.6 is 17.0 Å². The summed E-state index contributed by atoms with van der Waals surface area (Å²) in [6.07, 6.45) is 28.2. The monoisotopic (exact) mass is 523 g/mol. The first-order valence-electron chi connectivity index (χ1n) is 14.6. The molecule has 0 atom stereocenters. The zero-order chi connectivity index (χ0) is 23.0. The lowest BCUT2D eigenvalue weighted by molar-refractivity contribution is 0.254. The second-order valence-corrected chi connectivity index (χ2v) is 10.1. The molecule has 0 radical (unpaired) electrons. The largest absolute Gasteiger partial charge is 0.303 e. The summed E-state index contributed by atoms with van der Waals surface area (Å²) >= 11 is 0. The average molecular weight is 525 g/mol. The molecule has 0 fully saturated rings. The Balaban J connectivity index is 0.0000102. The average Bonchev–Trinajstić information content (AvgIpc) is 2.82. The molecule has 0 aliphatic carbocycles. The Hall–Kier alpha value is -0.340. The predicted molar refractivity (Wildman–Crippen MR) is 156 cm³/mol. The number of halogens is 1. The zero-order valence-electron chi connectivity index (χ0n) is 22.5. The van der Waals surface area contributed by atoms with Crippen LogP contribution in [0.4, 0.5) is 0 Å². The second kappa shape index (κ2) is 26.3. The summed E-state index contributed by atoms with van der Waals surface area (Å²) in [6, 6.07) is 11.0. The van der Waals surface area contributed by atoms with E-state index in [0.717, 1.165) is 0 Å². The van der Waals surface area contributed by atoms with Gasteiger partial charge in [-0.25, -0.2) is 0 Å². The number of hydrogen-bond acceptors (Lipinski definition) is 1. The van der Waals surface area contributed by atoms with E-state index in [1.54, 1.807) is 0 Å². The smallest absolute Gasteiger partial charge is 0.00187 e. The second-order valence-electron chi connectivity index (χ2n) is 10.1. The molecule has 0 aromatic heterocycles. The van der Waals surface area contributed by atoms with E-state index in [4.69, 9.17) is 0 Å². The van der Waals surface area contributed by atoms with Crippen LogP contribution in [0.3, 0.4) is 0 Å². The number of aryl methyl sites for hydroxylation is 1. The third-order valence-electron chi connectivity index (χ3n) is 6.94. The van der Waals surface area contributed by atoms with E-state index in [-0.39, 0.29) is 17.0 Å². The summed E-state index contributed by atoms with van der Waals surface area (Å²) < 4.78 is 0. The van der Waals surface area contributed by atoms with Crippen LogP contribution < -0.4 is 0 Å². The minimum Gasteiger partial charge on any atom is -0.303 e. The first kappa shape index (κ1) is 32.7. The lowest BCUT2D eigenvalue weighted by Gasteiger charge is -2.22. The molecule has 0 bridgehead atoms. The SMILES string of the molecule is Br.CCCCCCCCCCCCN(CCCCCCCC)CCCCCc1ccccc1. The Morgan fingerprint density at radius 3 is 1.24 bits per heavy atom. The number of rotatable bonds is 24. The van der Waals surface area contributed by atoms with E-state index in [1.165, 1.54) is 154 Å². The molecule has 1 aromatic carbocycles. The molecule has 0 unspecified atom stereocenters. The maximum Gasteiger partial charge on any atom is -0.00187 e. The number of unbranched alkanes of at least 4 members (excludes halogenated alkanes) is 16. The van der Waals surface area contributed by atoms with Gasteiger partial charge in [0, 0.05) is 0 Å². The molecule has 33 heavy (non-hydrogen) atoms. The van der Waals surface area contributed by atoms with Crippen LogP contribution in [0.1, 0.15) is 141 Å². The van der Waals surface area contributed by atoms with Gasteiger partial charge in [0.15, 0.2) is 0 Å². The molecule has 1 rings (SSSR count). The summed E-state index contributed by atoms with van der Waals surface area (Å²) in [5.74, 6) is 0. The molecule has 1 aromatic rings. The quantitative estimate of drug-likeness (QED) is 0.122. The fourth-order valence-corrected chi connectivity index (χ4v) is 4.76. The van der Waals surface area contributed by atoms with Gasteiger partial charge in [-0.1, -0.05) is 140 Å². The predicted octanol–water partition coefficient (Wildman–Crippen LogP) is 10.6. The van der Waals surface area contributed by atoms with Crippen LogP contribution in [0.2, 0.25) is 0 Å². The highest BCUT2D eigenvalue weighted by Gasteiger charge is 2.05. The standard InChI is InChI=1S/C31H57N.BrH/c1-3-5-7-9-11-12-13-14-16-23-29-32(28-22-15-10-8-6-4-2)30-24-18-21-27-31-25-19-17-20-26-31;/h17,19-20,25-26H,3-16,18,21-24,27-30H2,1-2H3;1H. The molecule has 2 heteroatoms. The molecular formula is C31H58BrN. The van der Waals surface area contributed by atoms with E-state index < -0.39 is 0 Å². The lowest BCUT2D eigenvalue weighted by Crippen LogP contribution is -2.27. The Kier molecular flexibility index (Phi) is 26.0. The summed E-state index contributed by atoms with van der Waals surface area (Å²) in [5, 5.41) is 0. The van der Waals surface area contributed by atoms with E-state index in [2.05, 4.69) is 49.1 Å². The van der Waals surface area contributed by atoms with Crippen molar-refractivity contribution in [3.63, 3.8) is 0 Å². The molecule has 0 heterocycles. The van der Waals surface area contributed by atoms with Crippen molar-refractivity contribution in [1.29, 1.82) is 0 Å².